The lowest BCUT2D eigenvalue weighted by Gasteiger charge is -2.35. The van der Waals surface area contributed by atoms with Gasteiger partial charge >= 0.3 is 0 Å². The van der Waals surface area contributed by atoms with Gasteiger partial charge in [0.2, 0.25) is 0 Å². The van der Waals surface area contributed by atoms with Crippen LogP contribution in [0.4, 0.5) is 0 Å². The second-order valence-corrected chi connectivity index (χ2v) is 5.02. The average Bonchev–Trinajstić information content (AvgIpc) is 2.73. The van der Waals surface area contributed by atoms with E-state index in [0.29, 0.717) is 12.5 Å². The van der Waals surface area contributed by atoms with E-state index in [4.69, 9.17) is 4.74 Å². The Morgan fingerprint density at radius 3 is 3.00 bits per heavy atom. The first-order chi connectivity index (χ1) is 8.16. The Hall–Kier alpha value is -1.07. The van der Waals surface area contributed by atoms with E-state index in [1.54, 1.807) is 6.07 Å². The summed E-state index contributed by atoms with van der Waals surface area (Å²) in [6, 6.07) is 1.81. The second-order valence-electron chi connectivity index (χ2n) is 5.02. The van der Waals surface area contributed by atoms with Crippen molar-refractivity contribution < 1.29 is 4.74 Å². The molecule has 0 amide bonds. The maximum absolute atomic E-state index is 11.2. The fourth-order valence-electron chi connectivity index (χ4n) is 2.14. The SMILES string of the molecule is CC(C)CCN1CCOCC1c1cc(=O)[nH][nH]1. The fourth-order valence-corrected chi connectivity index (χ4v) is 2.14. The quantitative estimate of drug-likeness (QED) is 0.827. The van der Waals surface area contributed by atoms with E-state index in [9.17, 15) is 4.79 Å². The minimum atomic E-state index is -0.0746. The Labute approximate surface area is 101 Å². The van der Waals surface area contributed by atoms with Gasteiger partial charge in [-0.1, -0.05) is 13.8 Å². The van der Waals surface area contributed by atoms with Crippen LogP contribution in [-0.2, 0) is 4.74 Å². The van der Waals surface area contributed by atoms with Crippen molar-refractivity contribution >= 4 is 0 Å². The van der Waals surface area contributed by atoms with Crippen LogP contribution in [0.3, 0.4) is 0 Å². The molecule has 1 saturated heterocycles. The number of rotatable bonds is 4. The summed E-state index contributed by atoms with van der Waals surface area (Å²) < 4.78 is 5.51. The monoisotopic (exact) mass is 239 g/mol. The van der Waals surface area contributed by atoms with Crippen LogP contribution in [-0.4, -0.2) is 41.4 Å². The van der Waals surface area contributed by atoms with Gasteiger partial charge in [-0.05, 0) is 18.9 Å². The smallest absolute Gasteiger partial charge is 0.264 e. The van der Waals surface area contributed by atoms with Crippen LogP contribution in [0.25, 0.3) is 0 Å². The van der Waals surface area contributed by atoms with Gasteiger partial charge in [-0.15, -0.1) is 0 Å². The van der Waals surface area contributed by atoms with Gasteiger partial charge in [0.25, 0.3) is 5.56 Å². The van der Waals surface area contributed by atoms with Crippen LogP contribution < -0.4 is 5.56 Å². The third-order valence-electron chi connectivity index (χ3n) is 3.21. The van der Waals surface area contributed by atoms with Crippen molar-refractivity contribution in [3.05, 3.63) is 22.1 Å². The largest absolute Gasteiger partial charge is 0.378 e. The van der Waals surface area contributed by atoms with Gasteiger partial charge in [0.15, 0.2) is 0 Å². The molecule has 1 atom stereocenters. The highest BCUT2D eigenvalue weighted by Gasteiger charge is 2.25. The lowest BCUT2D eigenvalue weighted by molar-refractivity contribution is -0.0117. The Bertz CT molecular complexity index is 396. The van der Waals surface area contributed by atoms with E-state index in [2.05, 4.69) is 28.9 Å². The highest BCUT2D eigenvalue weighted by Crippen LogP contribution is 2.22. The summed E-state index contributed by atoms with van der Waals surface area (Å²) in [6.07, 6.45) is 1.17. The predicted molar refractivity (Wildman–Crippen MR) is 66.0 cm³/mol. The lowest BCUT2D eigenvalue weighted by Crippen LogP contribution is -2.40. The maximum atomic E-state index is 11.2. The summed E-state index contributed by atoms with van der Waals surface area (Å²) in [4.78, 5) is 13.6. The minimum Gasteiger partial charge on any atom is -0.378 e. The van der Waals surface area contributed by atoms with Crippen molar-refractivity contribution in [1.82, 2.24) is 15.1 Å². The standard InChI is InChI=1S/C12H21N3O2/c1-9(2)3-4-15-5-6-17-8-11(15)10-7-12(16)14-13-10/h7,9,11H,3-6,8H2,1-2H3,(H2,13,14,16). The highest BCUT2D eigenvalue weighted by molar-refractivity contribution is 5.06. The van der Waals surface area contributed by atoms with E-state index in [1.807, 2.05) is 0 Å². The molecule has 1 aliphatic rings. The van der Waals surface area contributed by atoms with Crippen LogP contribution in [0, 0.1) is 5.92 Å². The van der Waals surface area contributed by atoms with Crippen molar-refractivity contribution in [3.8, 4) is 0 Å². The zero-order valence-corrected chi connectivity index (χ0v) is 10.5. The first kappa shape index (κ1) is 12.4. The van der Waals surface area contributed by atoms with Crippen molar-refractivity contribution in [2.75, 3.05) is 26.3 Å². The number of aromatic amines is 2. The van der Waals surface area contributed by atoms with Crippen molar-refractivity contribution in [2.45, 2.75) is 26.3 Å². The molecule has 0 aromatic carbocycles. The highest BCUT2D eigenvalue weighted by atomic mass is 16.5. The van der Waals surface area contributed by atoms with Crippen LogP contribution in [0.2, 0.25) is 0 Å². The zero-order valence-electron chi connectivity index (χ0n) is 10.5. The number of nitrogens with one attached hydrogen (secondary N) is 2. The second kappa shape index (κ2) is 5.51. The van der Waals surface area contributed by atoms with Gasteiger partial charge in [0, 0.05) is 12.6 Å². The number of aromatic nitrogens is 2. The molecular formula is C12H21N3O2. The number of nitrogens with zero attached hydrogens (tertiary/aromatic N) is 1. The molecule has 2 heterocycles. The molecule has 5 heteroatoms. The van der Waals surface area contributed by atoms with Crippen LogP contribution >= 0.6 is 0 Å². The van der Waals surface area contributed by atoms with Crippen LogP contribution in [0.1, 0.15) is 32.0 Å². The average molecular weight is 239 g/mol. The van der Waals surface area contributed by atoms with E-state index in [-0.39, 0.29) is 11.6 Å². The number of hydrogen-bond donors (Lipinski definition) is 2. The normalized spacial score (nSPS) is 22.2. The summed E-state index contributed by atoms with van der Waals surface area (Å²) in [6.45, 7) is 7.89. The molecule has 2 N–H and O–H groups in total. The summed E-state index contributed by atoms with van der Waals surface area (Å²) in [5.74, 6) is 0.698. The molecule has 2 rings (SSSR count). The van der Waals surface area contributed by atoms with Gasteiger partial charge in [-0.3, -0.25) is 14.8 Å². The molecular weight excluding hydrogens is 218 g/mol. The molecule has 0 radical (unpaired) electrons. The number of hydrogen-bond acceptors (Lipinski definition) is 3. The third-order valence-corrected chi connectivity index (χ3v) is 3.21. The molecule has 1 aromatic heterocycles. The Balaban J connectivity index is 2.04. The van der Waals surface area contributed by atoms with Gasteiger partial charge in [-0.25, -0.2) is 0 Å². The van der Waals surface area contributed by atoms with Gasteiger partial charge in [0.05, 0.1) is 24.9 Å². The molecule has 1 aliphatic heterocycles. The molecule has 1 unspecified atom stereocenters. The minimum absolute atomic E-state index is 0.0746. The molecule has 5 nitrogen and oxygen atoms in total. The molecule has 1 aromatic rings. The first-order valence-electron chi connectivity index (χ1n) is 6.26. The van der Waals surface area contributed by atoms with Crippen molar-refractivity contribution in [2.24, 2.45) is 5.92 Å². The molecule has 96 valence electrons. The van der Waals surface area contributed by atoms with Crippen LogP contribution in [0.15, 0.2) is 10.9 Å². The number of ether oxygens (including phenoxy) is 1. The molecule has 0 aliphatic carbocycles. The van der Waals surface area contributed by atoms with E-state index >= 15 is 0 Å². The number of morpholine rings is 1. The topological polar surface area (TPSA) is 61.1 Å². The number of H-pyrrole nitrogens is 2. The molecule has 0 saturated carbocycles. The zero-order chi connectivity index (χ0) is 12.3. The molecule has 0 bridgehead atoms. The van der Waals surface area contributed by atoms with E-state index in [1.165, 1.54) is 6.42 Å². The Kier molecular flexibility index (Phi) is 4.02. The molecule has 1 fully saturated rings. The lowest BCUT2D eigenvalue weighted by atomic mass is 10.1. The van der Waals surface area contributed by atoms with Crippen molar-refractivity contribution in [3.63, 3.8) is 0 Å². The first-order valence-corrected chi connectivity index (χ1v) is 6.26. The van der Waals surface area contributed by atoms with Gasteiger partial charge in [-0.2, -0.15) is 0 Å². The van der Waals surface area contributed by atoms with Gasteiger partial charge < -0.3 is 9.84 Å². The summed E-state index contributed by atoms with van der Waals surface area (Å²) in [5.41, 5.74) is 0.854. The molecule has 0 spiro atoms. The summed E-state index contributed by atoms with van der Waals surface area (Å²) >= 11 is 0. The molecule has 17 heavy (non-hydrogen) atoms. The van der Waals surface area contributed by atoms with Gasteiger partial charge in [0.1, 0.15) is 0 Å². The Morgan fingerprint density at radius 2 is 2.35 bits per heavy atom. The van der Waals surface area contributed by atoms with E-state index < -0.39 is 0 Å². The third kappa shape index (κ3) is 3.20. The fraction of sp³-hybridized carbons (Fsp3) is 0.750. The summed E-state index contributed by atoms with van der Waals surface area (Å²) in [7, 11) is 0. The predicted octanol–water partition coefficient (Wildman–Crippen LogP) is 1.12. The van der Waals surface area contributed by atoms with Crippen LogP contribution in [0.5, 0.6) is 0 Å². The van der Waals surface area contributed by atoms with Crippen molar-refractivity contribution in [1.29, 1.82) is 0 Å². The Morgan fingerprint density at radius 1 is 1.53 bits per heavy atom. The summed E-state index contributed by atoms with van der Waals surface area (Å²) in [5, 5.41) is 5.52. The van der Waals surface area contributed by atoms with E-state index in [0.717, 1.165) is 25.4 Å². The maximum Gasteiger partial charge on any atom is 0.264 e.